The van der Waals surface area contributed by atoms with Crippen molar-refractivity contribution in [3.63, 3.8) is 0 Å². The molecule has 4 aliphatic heterocycles. The first-order chi connectivity index (χ1) is 34.0. The van der Waals surface area contributed by atoms with Crippen molar-refractivity contribution < 1.29 is 43.2 Å². The summed E-state index contributed by atoms with van der Waals surface area (Å²) in [5, 5.41) is 14.3. The van der Waals surface area contributed by atoms with Gasteiger partial charge >= 0.3 is 5.97 Å². The van der Waals surface area contributed by atoms with Crippen LogP contribution < -0.4 is 24.3 Å². The highest BCUT2D eigenvalue weighted by atomic mass is 16.5. The number of carbonyl (C=O) groups excluding carboxylic acids is 3. The number of nitrogens with one attached hydrogen (secondary N) is 1. The van der Waals surface area contributed by atoms with Crippen LogP contribution in [0.1, 0.15) is 131 Å². The lowest BCUT2D eigenvalue weighted by atomic mass is 9.90. The van der Waals surface area contributed by atoms with Gasteiger partial charge in [-0.1, -0.05) is 12.1 Å². The van der Waals surface area contributed by atoms with Gasteiger partial charge in [-0.2, -0.15) is 0 Å². The maximum absolute atomic E-state index is 12.7. The first-order valence-corrected chi connectivity index (χ1v) is 25.0. The molecule has 71 heavy (non-hydrogen) atoms. The second-order valence-corrected chi connectivity index (χ2v) is 20.7. The molecule has 0 spiro atoms. The minimum absolute atomic E-state index is 0.0629. The normalized spacial score (nSPS) is 18.2. The molecule has 14 heteroatoms. The first-order valence-electron chi connectivity index (χ1n) is 25.0. The van der Waals surface area contributed by atoms with Crippen LogP contribution in [0, 0.1) is 0 Å². The van der Waals surface area contributed by atoms with Crippen molar-refractivity contribution in [3.05, 3.63) is 119 Å². The zero-order chi connectivity index (χ0) is 50.2. The molecule has 2 N–H and O–H groups in total. The Bertz CT molecular complexity index is 2990. The third-order valence-corrected chi connectivity index (χ3v) is 14.8. The molecule has 374 valence electrons. The topological polar surface area (TPSA) is 154 Å². The number of nitrogens with zero attached hydrogens (tertiary/aromatic N) is 4. The van der Waals surface area contributed by atoms with E-state index in [1.165, 1.54) is 0 Å². The van der Waals surface area contributed by atoms with Crippen LogP contribution in [0.4, 0.5) is 0 Å². The average Bonchev–Trinajstić information content (AvgIpc) is 3.98. The van der Waals surface area contributed by atoms with E-state index in [9.17, 15) is 24.3 Å². The van der Waals surface area contributed by atoms with Gasteiger partial charge in [0, 0.05) is 98.5 Å². The van der Waals surface area contributed by atoms with Crippen molar-refractivity contribution in [2.24, 2.45) is 0 Å². The summed E-state index contributed by atoms with van der Waals surface area (Å²) in [5.41, 5.74) is 5.32. The monoisotopic (exact) mass is 965 g/mol. The summed E-state index contributed by atoms with van der Waals surface area (Å²) in [5.74, 6) is 2.19. The maximum Gasteiger partial charge on any atom is 0.335 e. The van der Waals surface area contributed by atoms with Crippen LogP contribution >= 0.6 is 0 Å². The second kappa shape index (κ2) is 20.2. The van der Waals surface area contributed by atoms with Crippen molar-refractivity contribution in [1.82, 2.24) is 24.3 Å². The Morgan fingerprint density at radius 3 is 1.46 bits per heavy atom. The molecular formula is C57H67N5O9. The fraction of sp³-hybridized carbons (Fsp3) is 0.439. The summed E-state index contributed by atoms with van der Waals surface area (Å²) in [6, 6.07) is 23.6. The third-order valence-electron chi connectivity index (χ3n) is 14.8. The first kappa shape index (κ1) is 49.3. The lowest BCUT2D eigenvalue weighted by molar-refractivity contribution is 0.0598. The van der Waals surface area contributed by atoms with E-state index in [-0.39, 0.29) is 17.5 Å². The number of likely N-dealkylation sites (tertiary alicyclic amines) is 2. The summed E-state index contributed by atoms with van der Waals surface area (Å²) in [4.78, 5) is 53.9. The number of hydrogen-bond donors (Lipinski definition) is 2. The van der Waals surface area contributed by atoms with Crippen LogP contribution in [0.15, 0.2) is 85.2 Å². The number of hydrogen-bond acceptors (Lipinski definition) is 10. The maximum atomic E-state index is 12.7. The number of piperidine rings is 2. The van der Waals surface area contributed by atoms with Gasteiger partial charge in [-0.15, -0.1) is 0 Å². The SMILES string of the molecule is CNC(=O)c1ccc2ccn(C3CCN(CCc4c(OC)ccc5c4OC(C)(C)CC5=O)CC3)c2c1.COc1ccc2c(c1CCN1CCC(n3ccc4ccc(C(=O)O)cc43)CC1)OC(C)(C)CC2=O. The van der Waals surface area contributed by atoms with Crippen LogP contribution in [0.3, 0.4) is 0 Å². The highest BCUT2D eigenvalue weighted by molar-refractivity contribution is 6.02. The van der Waals surface area contributed by atoms with Crippen LogP contribution in [0.2, 0.25) is 0 Å². The quantitative estimate of drug-likeness (QED) is 0.121. The number of aromatic nitrogens is 2. The number of ether oxygens (including phenoxy) is 4. The smallest absolute Gasteiger partial charge is 0.335 e. The highest BCUT2D eigenvalue weighted by Gasteiger charge is 2.37. The standard InChI is InChI=1S/C29H35N3O4.C28H32N2O5/c1-29(2)18-25(33)22-7-8-26(35-4)23(27(22)36-29)12-15-31-13-10-21(11-14-31)32-16-9-19-5-6-20(17-24(19)32)28(34)30-3;1-28(2)17-24(31)21-6-7-25(34-3)22(26(21)35-28)11-14-29-12-9-20(10-13-29)30-15-8-18-4-5-19(27(32)33)16-23(18)30/h5-9,16-17,21H,10-15,18H2,1-4H3,(H,30,34);4-8,15-16,20H,9-14,17H2,1-3H3,(H,32,33). The number of amides is 1. The van der Waals surface area contributed by atoms with Crippen molar-refractivity contribution in [3.8, 4) is 23.0 Å². The van der Waals surface area contributed by atoms with Gasteiger partial charge in [0.2, 0.25) is 0 Å². The molecule has 0 atom stereocenters. The van der Waals surface area contributed by atoms with Crippen molar-refractivity contribution in [1.29, 1.82) is 0 Å². The molecule has 6 aromatic rings. The number of rotatable bonds is 12. The predicted molar refractivity (Wildman–Crippen MR) is 274 cm³/mol. The number of carboxylic acid groups (broad SMARTS) is 1. The number of carboxylic acids is 1. The molecule has 4 aliphatic rings. The van der Waals surface area contributed by atoms with E-state index in [1.54, 1.807) is 33.4 Å². The Morgan fingerprint density at radius 2 is 1.06 bits per heavy atom. The van der Waals surface area contributed by atoms with Crippen molar-refractivity contribution >= 4 is 45.2 Å². The Kier molecular flexibility index (Phi) is 14.1. The molecule has 2 saturated heterocycles. The van der Waals surface area contributed by atoms with E-state index in [0.29, 0.717) is 58.7 Å². The molecule has 2 aromatic heterocycles. The summed E-state index contributed by atoms with van der Waals surface area (Å²) in [6.45, 7) is 13.4. The summed E-state index contributed by atoms with van der Waals surface area (Å²) >= 11 is 0. The molecule has 4 aromatic carbocycles. The van der Waals surface area contributed by atoms with Gasteiger partial charge in [0.25, 0.3) is 5.91 Å². The molecule has 0 aliphatic carbocycles. The van der Waals surface area contributed by atoms with Gasteiger partial charge in [-0.3, -0.25) is 14.4 Å². The van der Waals surface area contributed by atoms with Crippen molar-refractivity contribution in [2.45, 2.75) is 102 Å². The van der Waals surface area contributed by atoms with Crippen LogP contribution in [-0.2, 0) is 12.8 Å². The predicted octanol–water partition coefficient (Wildman–Crippen LogP) is 9.60. The van der Waals surface area contributed by atoms with Gasteiger partial charge in [-0.25, -0.2) is 4.79 Å². The summed E-state index contributed by atoms with van der Waals surface area (Å²) in [7, 11) is 4.99. The lowest BCUT2D eigenvalue weighted by Crippen LogP contribution is -2.37. The highest BCUT2D eigenvalue weighted by Crippen LogP contribution is 2.42. The number of methoxy groups -OCH3 is 2. The minimum atomic E-state index is -0.901. The number of aromatic carboxylic acids is 1. The van der Waals surface area contributed by atoms with E-state index >= 15 is 0 Å². The molecular weight excluding hydrogens is 899 g/mol. The van der Waals surface area contributed by atoms with Crippen LogP contribution in [0.25, 0.3) is 21.8 Å². The van der Waals surface area contributed by atoms with Gasteiger partial charge in [0.05, 0.1) is 43.8 Å². The number of carbonyl (C=O) groups is 4. The second-order valence-electron chi connectivity index (χ2n) is 20.7. The number of Topliss-reactive ketones (excluding diaryl/α,β-unsaturated/α-hetero) is 2. The van der Waals surface area contributed by atoms with Crippen molar-refractivity contribution in [2.75, 3.05) is 60.5 Å². The number of fused-ring (bicyclic) bond motifs is 4. The summed E-state index contributed by atoms with van der Waals surface area (Å²) < 4.78 is 28.4. The molecule has 0 bridgehead atoms. The van der Waals surface area contributed by atoms with Crippen LogP contribution in [0.5, 0.6) is 23.0 Å². The van der Waals surface area contributed by atoms with E-state index < -0.39 is 17.2 Å². The Balaban J connectivity index is 0.000000176. The zero-order valence-electron chi connectivity index (χ0n) is 42.1. The fourth-order valence-corrected chi connectivity index (χ4v) is 11.1. The molecule has 2 fully saturated rings. The van der Waals surface area contributed by atoms with E-state index in [4.69, 9.17) is 18.9 Å². The Hall–Kier alpha value is -6.64. The largest absolute Gasteiger partial charge is 0.496 e. The van der Waals surface area contributed by atoms with Gasteiger partial charge in [0.15, 0.2) is 11.6 Å². The Labute approximate surface area is 415 Å². The molecule has 1 amide bonds. The molecule has 0 unspecified atom stereocenters. The average molecular weight is 966 g/mol. The number of benzene rings is 4. The fourth-order valence-electron chi connectivity index (χ4n) is 11.1. The summed E-state index contributed by atoms with van der Waals surface area (Å²) in [6.07, 6.45) is 10.6. The molecule has 6 heterocycles. The van der Waals surface area contributed by atoms with E-state index in [0.717, 1.165) is 122 Å². The van der Waals surface area contributed by atoms with Gasteiger partial charge in [0.1, 0.15) is 34.2 Å². The lowest BCUT2D eigenvalue weighted by Gasteiger charge is -2.35. The van der Waals surface area contributed by atoms with Gasteiger partial charge in [-0.05, 0) is 138 Å². The number of ketones is 2. The van der Waals surface area contributed by atoms with E-state index in [2.05, 4.69) is 48.8 Å². The van der Waals surface area contributed by atoms with Crippen LogP contribution in [-0.4, -0.2) is 119 Å². The molecule has 10 rings (SSSR count). The minimum Gasteiger partial charge on any atom is -0.496 e. The molecule has 0 saturated carbocycles. The zero-order valence-corrected chi connectivity index (χ0v) is 42.1. The molecule has 0 radical (unpaired) electrons. The van der Waals surface area contributed by atoms with E-state index in [1.807, 2.05) is 76.2 Å². The Morgan fingerprint density at radius 1 is 0.634 bits per heavy atom. The van der Waals surface area contributed by atoms with Gasteiger partial charge < -0.3 is 48.3 Å². The third kappa shape index (κ3) is 10.4. The molecule has 14 nitrogen and oxygen atoms in total.